The molecule has 0 saturated carbocycles. The molecular weight excluding hydrogens is 242 g/mol. The third kappa shape index (κ3) is 3.42. The van der Waals surface area contributed by atoms with E-state index < -0.39 is 5.97 Å². The van der Waals surface area contributed by atoms with Crippen LogP contribution in [0.3, 0.4) is 0 Å². The third-order valence-electron chi connectivity index (χ3n) is 2.54. The van der Waals surface area contributed by atoms with Gasteiger partial charge in [-0.1, -0.05) is 6.07 Å². The highest BCUT2D eigenvalue weighted by molar-refractivity contribution is 5.89. The van der Waals surface area contributed by atoms with Gasteiger partial charge in [0, 0.05) is 12.4 Å². The zero-order valence-electron chi connectivity index (χ0n) is 10.5. The number of carbonyl (C=O) groups is 1. The van der Waals surface area contributed by atoms with Crippen molar-refractivity contribution in [1.82, 2.24) is 9.78 Å². The fraction of sp³-hybridized carbons (Fsp3) is 0.214. The van der Waals surface area contributed by atoms with E-state index in [1.165, 1.54) is 6.07 Å². The van der Waals surface area contributed by atoms with Crippen molar-refractivity contribution in [3.05, 3.63) is 53.9 Å². The molecule has 1 heterocycles. The quantitative estimate of drug-likeness (QED) is 0.783. The SMILES string of the molecule is C[C@@H](Cn1cccn1)OC(=O)c1cccc(C#N)c1. The highest BCUT2D eigenvalue weighted by Crippen LogP contribution is 2.08. The third-order valence-corrected chi connectivity index (χ3v) is 2.54. The van der Waals surface area contributed by atoms with E-state index in [-0.39, 0.29) is 6.10 Å². The van der Waals surface area contributed by atoms with Crippen LogP contribution in [0, 0.1) is 11.3 Å². The van der Waals surface area contributed by atoms with Crippen molar-refractivity contribution in [2.75, 3.05) is 0 Å². The number of esters is 1. The summed E-state index contributed by atoms with van der Waals surface area (Å²) < 4.78 is 7.00. The van der Waals surface area contributed by atoms with Crippen LogP contribution in [0.2, 0.25) is 0 Å². The first-order chi connectivity index (χ1) is 9.19. The largest absolute Gasteiger partial charge is 0.457 e. The molecule has 5 heteroatoms. The minimum absolute atomic E-state index is 0.293. The van der Waals surface area contributed by atoms with Crippen LogP contribution in [0.5, 0.6) is 0 Å². The van der Waals surface area contributed by atoms with Crippen LogP contribution in [0.15, 0.2) is 42.7 Å². The molecule has 1 aromatic heterocycles. The predicted molar refractivity (Wildman–Crippen MR) is 68.3 cm³/mol. The molecule has 0 spiro atoms. The molecule has 0 N–H and O–H groups in total. The number of nitrogens with zero attached hydrogens (tertiary/aromatic N) is 3. The number of carbonyl (C=O) groups excluding carboxylic acids is 1. The summed E-state index contributed by atoms with van der Waals surface area (Å²) in [6.07, 6.45) is 3.18. The van der Waals surface area contributed by atoms with Crippen LogP contribution in [-0.2, 0) is 11.3 Å². The van der Waals surface area contributed by atoms with Gasteiger partial charge in [0.1, 0.15) is 6.10 Å². The lowest BCUT2D eigenvalue weighted by Gasteiger charge is -2.13. The number of nitriles is 1. The van der Waals surface area contributed by atoms with Crippen molar-refractivity contribution in [3.8, 4) is 6.07 Å². The summed E-state index contributed by atoms with van der Waals surface area (Å²) in [5, 5.41) is 12.8. The van der Waals surface area contributed by atoms with E-state index in [9.17, 15) is 4.79 Å². The van der Waals surface area contributed by atoms with E-state index in [1.54, 1.807) is 42.2 Å². The smallest absolute Gasteiger partial charge is 0.338 e. The van der Waals surface area contributed by atoms with Gasteiger partial charge in [-0.3, -0.25) is 4.68 Å². The maximum atomic E-state index is 11.9. The Balaban J connectivity index is 1.98. The Morgan fingerprint density at radius 3 is 3.05 bits per heavy atom. The monoisotopic (exact) mass is 255 g/mol. The Labute approximate surface area is 111 Å². The van der Waals surface area contributed by atoms with Gasteiger partial charge in [0.25, 0.3) is 0 Å². The van der Waals surface area contributed by atoms with Gasteiger partial charge in [-0.25, -0.2) is 4.79 Å². The number of aromatic nitrogens is 2. The van der Waals surface area contributed by atoms with E-state index in [4.69, 9.17) is 10.00 Å². The number of benzene rings is 1. The molecule has 2 rings (SSSR count). The summed E-state index contributed by atoms with van der Waals surface area (Å²) in [6, 6.07) is 10.2. The fourth-order valence-electron chi connectivity index (χ4n) is 1.68. The molecule has 0 bridgehead atoms. The summed E-state index contributed by atoms with van der Waals surface area (Å²) in [5.41, 5.74) is 0.820. The van der Waals surface area contributed by atoms with E-state index in [2.05, 4.69) is 5.10 Å². The van der Waals surface area contributed by atoms with E-state index in [0.29, 0.717) is 17.7 Å². The van der Waals surface area contributed by atoms with Gasteiger partial charge < -0.3 is 4.74 Å². The summed E-state index contributed by atoms with van der Waals surface area (Å²) >= 11 is 0. The van der Waals surface area contributed by atoms with Crippen molar-refractivity contribution in [3.63, 3.8) is 0 Å². The first-order valence-electron chi connectivity index (χ1n) is 5.87. The maximum absolute atomic E-state index is 11.9. The molecule has 0 radical (unpaired) electrons. The molecule has 2 aromatic rings. The lowest BCUT2D eigenvalue weighted by Crippen LogP contribution is -2.21. The number of rotatable bonds is 4. The molecule has 96 valence electrons. The normalized spacial score (nSPS) is 11.6. The van der Waals surface area contributed by atoms with Crippen LogP contribution in [0.25, 0.3) is 0 Å². The first-order valence-corrected chi connectivity index (χ1v) is 5.87. The Morgan fingerprint density at radius 2 is 2.37 bits per heavy atom. The van der Waals surface area contributed by atoms with E-state index >= 15 is 0 Å². The average molecular weight is 255 g/mol. The van der Waals surface area contributed by atoms with Gasteiger partial charge in [0.15, 0.2) is 0 Å². The molecule has 0 saturated heterocycles. The summed E-state index contributed by atoms with van der Waals surface area (Å²) in [6.45, 7) is 2.30. The second-order valence-corrected chi connectivity index (χ2v) is 4.14. The molecule has 1 aromatic carbocycles. The zero-order valence-corrected chi connectivity index (χ0v) is 10.5. The molecule has 0 unspecified atom stereocenters. The van der Waals surface area contributed by atoms with Gasteiger partial charge >= 0.3 is 5.97 Å². The van der Waals surface area contributed by atoms with Gasteiger partial charge in [-0.05, 0) is 31.2 Å². The molecule has 1 atom stereocenters. The zero-order chi connectivity index (χ0) is 13.7. The highest BCUT2D eigenvalue weighted by atomic mass is 16.5. The van der Waals surface area contributed by atoms with Crippen molar-refractivity contribution in [2.24, 2.45) is 0 Å². The minimum Gasteiger partial charge on any atom is -0.457 e. The summed E-state index contributed by atoms with van der Waals surface area (Å²) in [5.74, 6) is -0.434. The van der Waals surface area contributed by atoms with Crippen LogP contribution >= 0.6 is 0 Å². The van der Waals surface area contributed by atoms with Crippen LogP contribution in [0.4, 0.5) is 0 Å². The summed E-state index contributed by atoms with van der Waals surface area (Å²) in [7, 11) is 0. The molecule has 0 aliphatic heterocycles. The first kappa shape index (κ1) is 12.8. The average Bonchev–Trinajstić information content (AvgIpc) is 2.91. The predicted octanol–water partition coefficient (Wildman–Crippen LogP) is 2.00. The van der Waals surface area contributed by atoms with Gasteiger partial charge in [-0.2, -0.15) is 10.4 Å². The van der Waals surface area contributed by atoms with Gasteiger partial charge in [0.2, 0.25) is 0 Å². The molecule has 0 aliphatic carbocycles. The molecule has 0 fully saturated rings. The second kappa shape index (κ2) is 5.83. The van der Waals surface area contributed by atoms with Crippen LogP contribution in [-0.4, -0.2) is 21.9 Å². The number of hydrogen-bond donors (Lipinski definition) is 0. The second-order valence-electron chi connectivity index (χ2n) is 4.14. The number of hydrogen-bond acceptors (Lipinski definition) is 4. The molecule has 5 nitrogen and oxygen atoms in total. The van der Waals surface area contributed by atoms with Crippen molar-refractivity contribution >= 4 is 5.97 Å². The van der Waals surface area contributed by atoms with Crippen molar-refractivity contribution in [2.45, 2.75) is 19.6 Å². The van der Waals surface area contributed by atoms with Crippen LogP contribution in [0.1, 0.15) is 22.8 Å². The van der Waals surface area contributed by atoms with Crippen LogP contribution < -0.4 is 0 Å². The molecule has 0 aliphatic rings. The standard InChI is InChI=1S/C14H13N3O2/c1-11(10-17-7-3-6-16-17)19-14(18)13-5-2-4-12(8-13)9-15/h2-8,11H,10H2,1H3/t11-/m0/s1. The molecule has 19 heavy (non-hydrogen) atoms. The highest BCUT2D eigenvalue weighted by Gasteiger charge is 2.13. The fourth-order valence-corrected chi connectivity index (χ4v) is 1.68. The topological polar surface area (TPSA) is 67.9 Å². The maximum Gasteiger partial charge on any atom is 0.338 e. The van der Waals surface area contributed by atoms with E-state index in [0.717, 1.165) is 0 Å². The summed E-state index contributed by atoms with van der Waals surface area (Å²) in [4.78, 5) is 11.9. The van der Waals surface area contributed by atoms with Gasteiger partial charge in [-0.15, -0.1) is 0 Å². The molecular formula is C14H13N3O2. The Hall–Kier alpha value is -2.61. The van der Waals surface area contributed by atoms with Gasteiger partial charge in [0.05, 0.1) is 23.7 Å². The minimum atomic E-state index is -0.434. The lowest BCUT2D eigenvalue weighted by molar-refractivity contribution is 0.0299. The Kier molecular flexibility index (Phi) is 3.94. The van der Waals surface area contributed by atoms with E-state index in [1.807, 2.05) is 12.1 Å². The lowest BCUT2D eigenvalue weighted by atomic mass is 10.1. The Morgan fingerprint density at radius 1 is 1.53 bits per heavy atom. The van der Waals surface area contributed by atoms with Crippen molar-refractivity contribution < 1.29 is 9.53 Å². The van der Waals surface area contributed by atoms with Crippen molar-refractivity contribution in [1.29, 1.82) is 5.26 Å². The Bertz CT molecular complexity index is 599. The molecule has 0 amide bonds. The number of ether oxygens (including phenoxy) is 1.